The van der Waals surface area contributed by atoms with Gasteiger partial charge >= 0.3 is 0 Å². The highest BCUT2D eigenvalue weighted by atomic mass is 79.9. The third-order valence-electron chi connectivity index (χ3n) is 2.17. The van der Waals surface area contributed by atoms with Gasteiger partial charge in [-0.3, -0.25) is 0 Å². The number of anilines is 1. The molecule has 5 nitrogen and oxygen atoms in total. The van der Waals surface area contributed by atoms with Crippen molar-refractivity contribution in [2.45, 2.75) is 4.90 Å². The summed E-state index contributed by atoms with van der Waals surface area (Å²) in [7, 11) is -2.68. The fourth-order valence-electron chi connectivity index (χ4n) is 1.24. The van der Waals surface area contributed by atoms with Crippen molar-refractivity contribution >= 4 is 42.4 Å². The Morgan fingerprint density at radius 1 is 1.44 bits per heavy atom. The summed E-state index contributed by atoms with van der Waals surface area (Å²) in [6.45, 7) is 0. The zero-order valence-electron chi connectivity index (χ0n) is 9.04. The summed E-state index contributed by atoms with van der Waals surface area (Å²) >= 11 is 4.01. The van der Waals surface area contributed by atoms with E-state index in [2.05, 4.69) is 26.1 Å². The van der Waals surface area contributed by atoms with Crippen LogP contribution in [0.4, 0.5) is 9.52 Å². The van der Waals surface area contributed by atoms with Crippen molar-refractivity contribution < 1.29 is 12.8 Å². The van der Waals surface area contributed by atoms with Gasteiger partial charge in [-0.15, -0.1) is 10.2 Å². The standard InChI is InChI=1S/C9H7BrFN3O2S2/c1-14(9-13-12-5-17-9)18(15,16)7-4-2-3-6(10)8(7)11/h2-5H,1H3. The van der Waals surface area contributed by atoms with Gasteiger partial charge in [0.05, 0.1) is 4.47 Å². The van der Waals surface area contributed by atoms with E-state index in [0.717, 1.165) is 15.6 Å². The van der Waals surface area contributed by atoms with E-state index in [1.165, 1.54) is 30.8 Å². The molecule has 0 atom stereocenters. The first kappa shape index (κ1) is 13.4. The molecule has 2 aromatic rings. The van der Waals surface area contributed by atoms with Crippen LogP contribution in [-0.2, 0) is 10.0 Å². The van der Waals surface area contributed by atoms with Crippen molar-refractivity contribution in [1.29, 1.82) is 0 Å². The normalized spacial score (nSPS) is 11.5. The molecule has 9 heteroatoms. The lowest BCUT2D eigenvalue weighted by Gasteiger charge is -2.16. The molecule has 0 bridgehead atoms. The third-order valence-corrected chi connectivity index (χ3v) is 5.43. The van der Waals surface area contributed by atoms with Crippen LogP contribution in [0.5, 0.6) is 0 Å². The molecule has 0 saturated carbocycles. The molecule has 0 aliphatic carbocycles. The van der Waals surface area contributed by atoms with Gasteiger partial charge in [0.1, 0.15) is 10.4 Å². The lowest BCUT2D eigenvalue weighted by Crippen LogP contribution is -2.27. The second kappa shape index (κ2) is 4.90. The van der Waals surface area contributed by atoms with Crippen molar-refractivity contribution in [3.8, 4) is 0 Å². The number of aromatic nitrogens is 2. The Labute approximate surface area is 115 Å². The van der Waals surface area contributed by atoms with Crippen LogP contribution in [-0.4, -0.2) is 25.7 Å². The molecule has 0 fully saturated rings. The molecule has 2 rings (SSSR count). The van der Waals surface area contributed by atoms with Crippen molar-refractivity contribution in [1.82, 2.24) is 10.2 Å². The minimum atomic E-state index is -3.98. The molecular weight excluding hydrogens is 345 g/mol. The number of hydrogen-bond donors (Lipinski definition) is 0. The molecule has 0 saturated heterocycles. The van der Waals surface area contributed by atoms with E-state index in [1.54, 1.807) is 0 Å². The van der Waals surface area contributed by atoms with Crippen LogP contribution in [0.2, 0.25) is 0 Å². The Morgan fingerprint density at radius 2 is 2.17 bits per heavy atom. The van der Waals surface area contributed by atoms with Crippen LogP contribution in [0.1, 0.15) is 0 Å². The lowest BCUT2D eigenvalue weighted by atomic mass is 10.3. The third kappa shape index (κ3) is 2.25. The summed E-state index contributed by atoms with van der Waals surface area (Å²) in [6.07, 6.45) is 0. The smallest absolute Gasteiger partial charge is 0.243 e. The molecule has 0 spiro atoms. The molecular formula is C9H7BrFN3O2S2. The second-order valence-corrected chi connectivity index (χ2v) is 6.85. The predicted octanol–water partition coefficient (Wildman–Crippen LogP) is 2.26. The number of benzene rings is 1. The molecule has 1 heterocycles. The monoisotopic (exact) mass is 351 g/mol. The molecule has 1 aromatic carbocycles. The van der Waals surface area contributed by atoms with Gasteiger partial charge in [0.2, 0.25) is 5.13 Å². The van der Waals surface area contributed by atoms with Gasteiger partial charge in [-0.1, -0.05) is 17.4 Å². The lowest BCUT2D eigenvalue weighted by molar-refractivity contribution is 0.562. The largest absolute Gasteiger partial charge is 0.268 e. The molecule has 0 aliphatic rings. The Kier molecular flexibility index (Phi) is 3.64. The molecule has 1 aromatic heterocycles. The molecule has 0 N–H and O–H groups in total. The van der Waals surface area contributed by atoms with E-state index in [-0.39, 0.29) is 9.60 Å². The van der Waals surface area contributed by atoms with Crippen molar-refractivity contribution in [2.24, 2.45) is 0 Å². The Hall–Kier alpha value is -1.06. The SMILES string of the molecule is CN(c1nncs1)S(=O)(=O)c1cccc(Br)c1F. The predicted molar refractivity (Wildman–Crippen MR) is 69.6 cm³/mol. The number of hydrogen-bond acceptors (Lipinski definition) is 5. The highest BCUT2D eigenvalue weighted by Gasteiger charge is 2.27. The minimum Gasteiger partial charge on any atom is -0.243 e. The van der Waals surface area contributed by atoms with Crippen LogP contribution in [0.15, 0.2) is 33.1 Å². The van der Waals surface area contributed by atoms with E-state index in [0.29, 0.717) is 0 Å². The second-order valence-electron chi connectivity index (χ2n) is 3.25. The Morgan fingerprint density at radius 3 is 2.78 bits per heavy atom. The van der Waals surface area contributed by atoms with Gasteiger partial charge in [0.25, 0.3) is 10.0 Å². The average molecular weight is 352 g/mol. The topological polar surface area (TPSA) is 63.2 Å². The number of rotatable bonds is 3. The van der Waals surface area contributed by atoms with E-state index in [4.69, 9.17) is 0 Å². The zero-order chi connectivity index (χ0) is 13.3. The van der Waals surface area contributed by atoms with Crippen molar-refractivity contribution in [3.63, 3.8) is 0 Å². The quantitative estimate of drug-likeness (QED) is 0.850. The van der Waals surface area contributed by atoms with Crippen molar-refractivity contribution in [3.05, 3.63) is 34.0 Å². The minimum absolute atomic E-state index is 0.0919. The zero-order valence-corrected chi connectivity index (χ0v) is 12.3. The van der Waals surface area contributed by atoms with Gasteiger partial charge < -0.3 is 0 Å². The average Bonchev–Trinajstić information content (AvgIpc) is 2.85. The van der Waals surface area contributed by atoms with Crippen LogP contribution in [0.25, 0.3) is 0 Å². The van der Waals surface area contributed by atoms with Gasteiger partial charge in [-0.05, 0) is 28.1 Å². The first-order chi connectivity index (χ1) is 8.44. The number of halogens is 2. The number of nitrogens with zero attached hydrogens (tertiary/aromatic N) is 3. The summed E-state index contributed by atoms with van der Waals surface area (Å²) in [6, 6.07) is 4.08. The molecule has 0 unspecified atom stereocenters. The summed E-state index contributed by atoms with van der Waals surface area (Å²) in [4.78, 5) is -0.408. The molecule has 0 amide bonds. The van der Waals surface area contributed by atoms with Crippen LogP contribution < -0.4 is 4.31 Å². The summed E-state index contributed by atoms with van der Waals surface area (Å²) in [5, 5.41) is 7.37. The summed E-state index contributed by atoms with van der Waals surface area (Å²) in [5.41, 5.74) is 1.40. The van der Waals surface area contributed by atoms with Crippen LogP contribution in [0, 0.1) is 5.82 Å². The van der Waals surface area contributed by atoms with Gasteiger partial charge in [0.15, 0.2) is 5.82 Å². The molecule has 96 valence electrons. The van der Waals surface area contributed by atoms with E-state index < -0.39 is 20.7 Å². The van der Waals surface area contributed by atoms with E-state index in [9.17, 15) is 12.8 Å². The first-order valence-corrected chi connectivity index (χ1v) is 7.75. The fraction of sp³-hybridized carbons (Fsp3) is 0.111. The van der Waals surface area contributed by atoms with Crippen molar-refractivity contribution in [2.75, 3.05) is 11.4 Å². The van der Waals surface area contributed by atoms with E-state index >= 15 is 0 Å². The van der Waals surface area contributed by atoms with Gasteiger partial charge in [-0.25, -0.2) is 17.1 Å². The highest BCUT2D eigenvalue weighted by molar-refractivity contribution is 9.10. The highest BCUT2D eigenvalue weighted by Crippen LogP contribution is 2.27. The van der Waals surface area contributed by atoms with Gasteiger partial charge in [0, 0.05) is 7.05 Å². The van der Waals surface area contributed by atoms with Gasteiger partial charge in [-0.2, -0.15) is 0 Å². The summed E-state index contributed by atoms with van der Waals surface area (Å²) in [5.74, 6) is -0.825. The Bertz CT molecular complexity index is 660. The molecule has 18 heavy (non-hydrogen) atoms. The molecule has 0 aliphatic heterocycles. The maximum Gasteiger partial charge on any atom is 0.268 e. The van der Waals surface area contributed by atoms with E-state index in [1.807, 2.05) is 0 Å². The fourth-order valence-corrected chi connectivity index (χ4v) is 3.71. The maximum atomic E-state index is 13.8. The van der Waals surface area contributed by atoms with Crippen LogP contribution in [0.3, 0.4) is 0 Å². The van der Waals surface area contributed by atoms with Crippen LogP contribution >= 0.6 is 27.3 Å². The molecule has 0 radical (unpaired) electrons. The Balaban J connectivity index is 2.52. The number of sulfonamides is 1. The first-order valence-electron chi connectivity index (χ1n) is 4.63. The summed E-state index contributed by atoms with van der Waals surface area (Å²) < 4.78 is 39.2. The maximum absolute atomic E-state index is 13.8.